The van der Waals surface area contributed by atoms with Crippen molar-refractivity contribution in [2.24, 2.45) is 0 Å². The van der Waals surface area contributed by atoms with Crippen molar-refractivity contribution >= 4 is 17.6 Å². The van der Waals surface area contributed by atoms with Crippen molar-refractivity contribution in [2.45, 2.75) is 26.0 Å². The summed E-state index contributed by atoms with van der Waals surface area (Å²) in [7, 11) is 3.26. The number of carbonyl (C=O) groups is 2. The fraction of sp³-hybridized carbons (Fsp3) is 0.429. The number of urea groups is 1. The lowest BCUT2D eigenvalue weighted by molar-refractivity contribution is -0.130. The highest BCUT2D eigenvalue weighted by Gasteiger charge is 2.17. The molecule has 20 heavy (non-hydrogen) atoms. The lowest BCUT2D eigenvalue weighted by Gasteiger charge is -2.18. The Kier molecular flexibility index (Phi) is 5.52. The maximum Gasteiger partial charge on any atom is 0.319 e. The summed E-state index contributed by atoms with van der Waals surface area (Å²) in [6, 6.07) is 5.84. The Hall–Kier alpha value is -2.08. The lowest BCUT2D eigenvalue weighted by atomic mass is 10.1. The minimum atomic E-state index is -0.607. The molecule has 0 aliphatic carbocycles. The number of hydrogen-bond acceptors (Lipinski definition) is 3. The van der Waals surface area contributed by atoms with E-state index in [4.69, 9.17) is 0 Å². The molecule has 6 nitrogen and oxygen atoms in total. The maximum absolute atomic E-state index is 11.8. The Balaban J connectivity index is 2.63. The van der Waals surface area contributed by atoms with Gasteiger partial charge in [0, 0.05) is 19.8 Å². The van der Waals surface area contributed by atoms with Gasteiger partial charge in [-0.2, -0.15) is 0 Å². The number of anilines is 1. The van der Waals surface area contributed by atoms with E-state index in [1.165, 1.54) is 4.90 Å². The van der Waals surface area contributed by atoms with Crippen LogP contribution in [0.15, 0.2) is 24.3 Å². The summed E-state index contributed by atoms with van der Waals surface area (Å²) in [6.07, 6.45) is -0.603. The van der Waals surface area contributed by atoms with E-state index in [-0.39, 0.29) is 5.91 Å². The summed E-state index contributed by atoms with van der Waals surface area (Å²) in [6.45, 7) is 3.27. The highest BCUT2D eigenvalue weighted by molar-refractivity contribution is 5.93. The van der Waals surface area contributed by atoms with Gasteiger partial charge in [-0.05, 0) is 31.5 Å². The topological polar surface area (TPSA) is 81.7 Å². The van der Waals surface area contributed by atoms with Crippen molar-refractivity contribution in [3.8, 4) is 0 Å². The first-order chi connectivity index (χ1) is 9.31. The average molecular weight is 279 g/mol. The Labute approximate surface area is 118 Å². The number of hydrogen-bond donors (Lipinski definition) is 3. The van der Waals surface area contributed by atoms with Crippen LogP contribution >= 0.6 is 0 Å². The van der Waals surface area contributed by atoms with E-state index in [0.29, 0.717) is 11.3 Å². The molecule has 0 saturated carbocycles. The number of nitrogens with one attached hydrogen (secondary N) is 2. The Morgan fingerprint density at radius 3 is 2.45 bits per heavy atom. The SMILES string of the molecule is CC(NC(=O)Nc1cccc(C(C)O)c1)C(=O)N(C)C. The third-order valence-electron chi connectivity index (χ3n) is 2.79. The number of carbonyl (C=O) groups excluding carboxylic acids is 2. The van der Waals surface area contributed by atoms with E-state index in [9.17, 15) is 14.7 Å². The van der Waals surface area contributed by atoms with E-state index < -0.39 is 18.2 Å². The van der Waals surface area contributed by atoms with E-state index in [1.54, 1.807) is 52.2 Å². The summed E-state index contributed by atoms with van der Waals surface area (Å²) in [5, 5.41) is 14.7. The number of nitrogens with zero attached hydrogens (tertiary/aromatic N) is 1. The third kappa shape index (κ3) is 4.55. The quantitative estimate of drug-likeness (QED) is 0.778. The van der Waals surface area contributed by atoms with Crippen LogP contribution in [0.1, 0.15) is 25.5 Å². The molecular formula is C14H21N3O3. The van der Waals surface area contributed by atoms with Gasteiger partial charge in [0.1, 0.15) is 6.04 Å². The van der Waals surface area contributed by atoms with E-state index >= 15 is 0 Å². The molecule has 0 aliphatic rings. The van der Waals surface area contributed by atoms with Crippen LogP contribution in [0.4, 0.5) is 10.5 Å². The fourth-order valence-corrected chi connectivity index (χ4v) is 1.69. The zero-order valence-electron chi connectivity index (χ0n) is 12.2. The molecule has 0 saturated heterocycles. The average Bonchev–Trinajstić information content (AvgIpc) is 2.37. The molecule has 1 aromatic rings. The second kappa shape index (κ2) is 6.91. The van der Waals surface area contributed by atoms with Gasteiger partial charge in [0.05, 0.1) is 6.10 Å². The van der Waals surface area contributed by atoms with Crippen LogP contribution < -0.4 is 10.6 Å². The van der Waals surface area contributed by atoms with Crippen LogP contribution in [-0.2, 0) is 4.79 Å². The maximum atomic E-state index is 11.8. The highest BCUT2D eigenvalue weighted by Crippen LogP contribution is 2.16. The molecule has 2 atom stereocenters. The second-order valence-electron chi connectivity index (χ2n) is 4.85. The molecule has 0 heterocycles. The van der Waals surface area contributed by atoms with Crippen LogP contribution in [0.25, 0.3) is 0 Å². The van der Waals surface area contributed by atoms with Gasteiger partial charge >= 0.3 is 6.03 Å². The molecule has 0 bridgehead atoms. The zero-order chi connectivity index (χ0) is 15.3. The van der Waals surface area contributed by atoms with E-state index in [0.717, 1.165) is 0 Å². The number of rotatable bonds is 4. The largest absolute Gasteiger partial charge is 0.389 e. The van der Waals surface area contributed by atoms with Crippen LogP contribution in [-0.4, -0.2) is 42.1 Å². The minimum Gasteiger partial charge on any atom is -0.389 e. The second-order valence-corrected chi connectivity index (χ2v) is 4.85. The number of amides is 3. The van der Waals surface area contributed by atoms with Gasteiger partial charge in [-0.25, -0.2) is 4.79 Å². The Morgan fingerprint density at radius 2 is 1.90 bits per heavy atom. The van der Waals surface area contributed by atoms with Gasteiger partial charge in [-0.15, -0.1) is 0 Å². The molecule has 0 fully saturated rings. The predicted octanol–water partition coefficient (Wildman–Crippen LogP) is 1.34. The van der Waals surface area contributed by atoms with Gasteiger partial charge in [0.25, 0.3) is 0 Å². The fourth-order valence-electron chi connectivity index (χ4n) is 1.69. The molecule has 0 aromatic heterocycles. The normalized spacial score (nSPS) is 13.2. The van der Waals surface area contributed by atoms with Crippen LogP contribution in [0.3, 0.4) is 0 Å². The van der Waals surface area contributed by atoms with Crippen LogP contribution in [0.5, 0.6) is 0 Å². The molecule has 6 heteroatoms. The Morgan fingerprint density at radius 1 is 1.25 bits per heavy atom. The lowest BCUT2D eigenvalue weighted by Crippen LogP contribution is -2.45. The van der Waals surface area contributed by atoms with Crippen LogP contribution in [0.2, 0.25) is 0 Å². The van der Waals surface area contributed by atoms with Gasteiger partial charge in [-0.3, -0.25) is 4.79 Å². The molecule has 0 radical (unpaired) electrons. The molecule has 1 rings (SSSR count). The molecule has 0 aliphatic heterocycles. The molecule has 2 unspecified atom stereocenters. The van der Waals surface area contributed by atoms with Crippen molar-refractivity contribution < 1.29 is 14.7 Å². The summed E-state index contributed by atoms with van der Waals surface area (Å²) in [5.74, 6) is -0.183. The standard InChI is InChI=1S/C14H21N3O3/c1-9(13(19)17(3)4)15-14(20)16-12-7-5-6-11(8-12)10(2)18/h5-10,18H,1-4H3,(H2,15,16,20). The van der Waals surface area contributed by atoms with Crippen molar-refractivity contribution in [1.29, 1.82) is 0 Å². The third-order valence-corrected chi connectivity index (χ3v) is 2.79. The monoisotopic (exact) mass is 279 g/mol. The molecular weight excluding hydrogens is 258 g/mol. The van der Waals surface area contributed by atoms with Crippen LogP contribution in [0, 0.1) is 0 Å². The van der Waals surface area contributed by atoms with Crippen molar-refractivity contribution in [1.82, 2.24) is 10.2 Å². The molecule has 1 aromatic carbocycles. The first kappa shape index (κ1) is 16.0. The first-order valence-corrected chi connectivity index (χ1v) is 6.38. The Bertz CT molecular complexity index is 486. The highest BCUT2D eigenvalue weighted by atomic mass is 16.3. The first-order valence-electron chi connectivity index (χ1n) is 6.38. The van der Waals surface area contributed by atoms with Crippen molar-refractivity contribution in [3.63, 3.8) is 0 Å². The number of aliphatic hydroxyl groups excluding tert-OH is 1. The number of likely N-dealkylation sites (N-methyl/N-ethyl adjacent to an activating group) is 1. The minimum absolute atomic E-state index is 0.183. The summed E-state index contributed by atoms with van der Waals surface area (Å²) >= 11 is 0. The number of aliphatic hydroxyl groups is 1. The van der Waals surface area contributed by atoms with E-state index in [1.807, 2.05) is 0 Å². The van der Waals surface area contributed by atoms with Gasteiger partial charge in [-0.1, -0.05) is 12.1 Å². The predicted molar refractivity (Wildman–Crippen MR) is 77.4 cm³/mol. The van der Waals surface area contributed by atoms with Crippen molar-refractivity contribution in [3.05, 3.63) is 29.8 Å². The summed E-state index contributed by atoms with van der Waals surface area (Å²) in [4.78, 5) is 24.8. The molecule has 0 spiro atoms. The summed E-state index contributed by atoms with van der Waals surface area (Å²) < 4.78 is 0. The number of benzene rings is 1. The van der Waals surface area contributed by atoms with Gasteiger partial charge < -0.3 is 20.6 Å². The molecule has 110 valence electrons. The molecule has 3 N–H and O–H groups in total. The van der Waals surface area contributed by atoms with Crippen molar-refractivity contribution in [2.75, 3.05) is 19.4 Å². The zero-order valence-corrected chi connectivity index (χ0v) is 12.2. The van der Waals surface area contributed by atoms with E-state index in [2.05, 4.69) is 10.6 Å². The van der Waals surface area contributed by atoms with Gasteiger partial charge in [0.15, 0.2) is 0 Å². The summed E-state index contributed by atoms with van der Waals surface area (Å²) in [5.41, 5.74) is 1.27. The molecule has 3 amide bonds. The smallest absolute Gasteiger partial charge is 0.319 e. The van der Waals surface area contributed by atoms with Gasteiger partial charge in [0.2, 0.25) is 5.91 Å².